The van der Waals surface area contributed by atoms with Crippen LogP contribution in [0.25, 0.3) is 0 Å². The summed E-state index contributed by atoms with van der Waals surface area (Å²) in [4.78, 5) is 1.30. The summed E-state index contributed by atoms with van der Waals surface area (Å²) >= 11 is 8.66. The van der Waals surface area contributed by atoms with E-state index in [0.29, 0.717) is 0 Å². The van der Waals surface area contributed by atoms with Gasteiger partial charge in [0.2, 0.25) is 0 Å². The number of hydrogen-bond acceptors (Lipinski definition) is 3. The smallest absolute Gasteiger partial charge is 0.0843 e. The van der Waals surface area contributed by atoms with E-state index in [0.717, 1.165) is 27.8 Å². The first-order valence-electron chi connectivity index (χ1n) is 4.97. The maximum absolute atomic E-state index is 11.1. The van der Waals surface area contributed by atoms with Gasteiger partial charge in [0, 0.05) is 38.2 Å². The zero-order valence-corrected chi connectivity index (χ0v) is 14.1. The van der Waals surface area contributed by atoms with Gasteiger partial charge in [0.1, 0.15) is 0 Å². The predicted molar refractivity (Wildman–Crippen MR) is 79.6 cm³/mol. The average Bonchev–Trinajstić information content (AvgIpc) is 2.53. The first-order chi connectivity index (χ1) is 7.50. The molecule has 0 fully saturated rings. The summed E-state index contributed by atoms with van der Waals surface area (Å²) in [5, 5.41) is 3.63. The molecule has 0 aliphatic carbocycles. The van der Waals surface area contributed by atoms with Gasteiger partial charge in [-0.15, -0.1) is 11.3 Å². The number of nitrogens with one attached hydrogen (secondary N) is 1. The monoisotopic (exact) mass is 387 g/mol. The van der Waals surface area contributed by atoms with Gasteiger partial charge in [-0.25, -0.2) is 0 Å². The Morgan fingerprint density at radius 3 is 2.75 bits per heavy atom. The largest absolute Gasteiger partial charge is 0.312 e. The second-order valence-corrected chi connectivity index (χ2v) is 8.72. The molecule has 0 saturated carbocycles. The highest BCUT2D eigenvalue weighted by atomic mass is 79.9. The molecule has 0 spiro atoms. The fourth-order valence-electron chi connectivity index (χ4n) is 1.16. The van der Waals surface area contributed by atoms with Crippen LogP contribution in [0.15, 0.2) is 14.3 Å². The molecule has 2 nitrogen and oxygen atoms in total. The summed E-state index contributed by atoms with van der Waals surface area (Å²) in [6.07, 6.45) is 2.72. The third-order valence-corrected chi connectivity index (χ3v) is 6.91. The maximum atomic E-state index is 11.1. The SMILES string of the molecule is CC(CCNCc1cc(Br)c(Br)s1)S(C)=O. The molecule has 2 atom stereocenters. The predicted octanol–water partition coefficient (Wildman–Crippen LogP) is 3.52. The quantitative estimate of drug-likeness (QED) is 0.755. The molecule has 1 aromatic heterocycles. The molecule has 2 unspecified atom stereocenters. The van der Waals surface area contributed by atoms with E-state index in [4.69, 9.17) is 0 Å². The van der Waals surface area contributed by atoms with Crippen molar-refractivity contribution in [2.75, 3.05) is 12.8 Å². The molecule has 0 radical (unpaired) electrons. The Kier molecular flexibility index (Phi) is 6.73. The number of halogens is 2. The van der Waals surface area contributed by atoms with Gasteiger partial charge in [-0.2, -0.15) is 0 Å². The highest BCUT2D eigenvalue weighted by Crippen LogP contribution is 2.32. The molecule has 0 aliphatic rings. The lowest BCUT2D eigenvalue weighted by atomic mass is 10.3. The summed E-state index contributed by atoms with van der Waals surface area (Å²) < 4.78 is 13.4. The van der Waals surface area contributed by atoms with E-state index in [9.17, 15) is 4.21 Å². The van der Waals surface area contributed by atoms with Crippen molar-refractivity contribution in [2.24, 2.45) is 0 Å². The van der Waals surface area contributed by atoms with E-state index in [2.05, 4.69) is 43.2 Å². The second kappa shape index (κ2) is 7.26. The minimum atomic E-state index is -0.710. The minimum Gasteiger partial charge on any atom is -0.312 e. The highest BCUT2D eigenvalue weighted by molar-refractivity contribution is 9.13. The number of rotatable bonds is 6. The molecule has 0 amide bonds. The van der Waals surface area contributed by atoms with Crippen molar-refractivity contribution in [1.29, 1.82) is 0 Å². The van der Waals surface area contributed by atoms with Crippen LogP contribution in [0.5, 0.6) is 0 Å². The zero-order valence-electron chi connectivity index (χ0n) is 9.26. The van der Waals surface area contributed by atoms with Crippen molar-refractivity contribution in [3.8, 4) is 0 Å². The molecule has 0 bridgehead atoms. The number of thiophene rings is 1. The summed E-state index contributed by atoms with van der Waals surface area (Å²) in [6.45, 7) is 3.81. The van der Waals surface area contributed by atoms with Gasteiger partial charge in [0.05, 0.1) is 3.79 Å². The molecule has 1 heterocycles. The minimum absolute atomic E-state index is 0.273. The lowest BCUT2D eigenvalue weighted by Gasteiger charge is -2.08. The van der Waals surface area contributed by atoms with Crippen molar-refractivity contribution < 1.29 is 4.21 Å². The van der Waals surface area contributed by atoms with Crippen molar-refractivity contribution in [3.05, 3.63) is 19.2 Å². The molecule has 0 aliphatic heterocycles. The fraction of sp³-hybridized carbons (Fsp3) is 0.600. The van der Waals surface area contributed by atoms with Gasteiger partial charge >= 0.3 is 0 Å². The van der Waals surface area contributed by atoms with Crippen molar-refractivity contribution in [2.45, 2.75) is 25.1 Å². The van der Waals surface area contributed by atoms with Gasteiger partial charge in [0.25, 0.3) is 0 Å². The standard InChI is InChI=1S/C10H15Br2NOS2/c1-7(16(2)14)3-4-13-6-8-5-9(11)10(12)15-8/h5,7,13H,3-4,6H2,1-2H3. The number of hydrogen-bond donors (Lipinski definition) is 1. The van der Waals surface area contributed by atoms with Crippen molar-refractivity contribution in [1.82, 2.24) is 5.32 Å². The van der Waals surface area contributed by atoms with E-state index in [1.807, 2.05) is 6.92 Å². The van der Waals surface area contributed by atoms with E-state index >= 15 is 0 Å². The lowest BCUT2D eigenvalue weighted by molar-refractivity contribution is 0.632. The topological polar surface area (TPSA) is 29.1 Å². The third-order valence-electron chi connectivity index (χ3n) is 2.29. The molecule has 16 heavy (non-hydrogen) atoms. The maximum Gasteiger partial charge on any atom is 0.0843 e. The van der Waals surface area contributed by atoms with Gasteiger partial charge in [0.15, 0.2) is 0 Å². The van der Waals surface area contributed by atoms with Crippen molar-refractivity contribution in [3.63, 3.8) is 0 Å². The van der Waals surface area contributed by atoms with Gasteiger partial charge in [-0.3, -0.25) is 4.21 Å². The summed E-state index contributed by atoms with van der Waals surface area (Å²) in [7, 11) is -0.710. The van der Waals surface area contributed by atoms with Crippen LogP contribution in [0.2, 0.25) is 0 Å². The first kappa shape index (κ1) is 14.8. The van der Waals surface area contributed by atoms with E-state index in [1.54, 1.807) is 17.6 Å². The van der Waals surface area contributed by atoms with Crippen LogP contribution in [-0.2, 0) is 17.3 Å². The Hall–Kier alpha value is 0.770. The molecule has 92 valence electrons. The Morgan fingerprint density at radius 2 is 2.25 bits per heavy atom. The Bertz CT molecular complexity index is 348. The average molecular weight is 389 g/mol. The normalized spacial score (nSPS) is 15.0. The van der Waals surface area contributed by atoms with Gasteiger partial charge in [-0.05, 0) is 50.9 Å². The van der Waals surface area contributed by atoms with Gasteiger partial charge in [-0.1, -0.05) is 6.92 Å². The zero-order chi connectivity index (χ0) is 12.1. The third kappa shape index (κ3) is 4.96. The summed E-state index contributed by atoms with van der Waals surface area (Å²) in [5.41, 5.74) is 0. The Morgan fingerprint density at radius 1 is 1.56 bits per heavy atom. The second-order valence-electron chi connectivity index (χ2n) is 3.61. The fourth-order valence-corrected chi connectivity index (χ4v) is 3.76. The molecule has 0 aromatic carbocycles. The molecule has 1 aromatic rings. The van der Waals surface area contributed by atoms with Crippen LogP contribution in [0.4, 0.5) is 0 Å². The molecule has 0 saturated heterocycles. The van der Waals surface area contributed by atoms with Crippen LogP contribution < -0.4 is 5.32 Å². The van der Waals surface area contributed by atoms with E-state index in [1.165, 1.54) is 4.88 Å². The van der Waals surface area contributed by atoms with E-state index < -0.39 is 10.8 Å². The Labute approximate surface area is 120 Å². The molecule has 1 N–H and O–H groups in total. The molecule has 1 rings (SSSR count). The van der Waals surface area contributed by atoms with Crippen LogP contribution in [0.3, 0.4) is 0 Å². The van der Waals surface area contributed by atoms with Crippen LogP contribution in [-0.4, -0.2) is 22.3 Å². The van der Waals surface area contributed by atoms with Crippen molar-refractivity contribution >= 4 is 54.0 Å². The van der Waals surface area contributed by atoms with E-state index in [-0.39, 0.29) is 5.25 Å². The van der Waals surface area contributed by atoms with Crippen LogP contribution in [0.1, 0.15) is 18.2 Å². The molecular weight excluding hydrogens is 374 g/mol. The summed E-state index contributed by atoms with van der Waals surface area (Å²) in [5.74, 6) is 0. The molecule has 6 heteroatoms. The Balaban J connectivity index is 2.23. The lowest BCUT2D eigenvalue weighted by Crippen LogP contribution is -2.20. The molecular formula is C10H15Br2NOS2. The van der Waals surface area contributed by atoms with Crippen LogP contribution >= 0.6 is 43.2 Å². The first-order valence-corrected chi connectivity index (χ1v) is 8.99. The highest BCUT2D eigenvalue weighted by Gasteiger charge is 2.06. The summed E-state index contributed by atoms with van der Waals surface area (Å²) in [6, 6.07) is 2.11. The van der Waals surface area contributed by atoms with Crippen LogP contribution in [0, 0.1) is 0 Å². The van der Waals surface area contributed by atoms with Gasteiger partial charge < -0.3 is 5.32 Å².